The summed E-state index contributed by atoms with van der Waals surface area (Å²) in [5, 5.41) is 7.42. The lowest BCUT2D eigenvalue weighted by Crippen LogP contribution is -2.36. The highest BCUT2D eigenvalue weighted by Gasteiger charge is 2.12. The monoisotopic (exact) mass is 403 g/mol. The molecule has 0 unspecified atom stereocenters. The molecule has 0 fully saturated rings. The summed E-state index contributed by atoms with van der Waals surface area (Å²) in [4.78, 5) is 4.18. The minimum atomic E-state index is -2.92. The van der Waals surface area contributed by atoms with Gasteiger partial charge in [0.2, 0.25) is 0 Å². The van der Waals surface area contributed by atoms with Crippen molar-refractivity contribution in [1.29, 1.82) is 0 Å². The Hall–Kier alpha value is -3.29. The Kier molecular flexibility index (Phi) is 6.54. The lowest BCUT2D eigenvalue weighted by Gasteiger charge is -2.14. The maximum absolute atomic E-state index is 12.6. The molecule has 0 spiro atoms. The number of halogens is 2. The van der Waals surface area contributed by atoms with E-state index >= 15 is 0 Å². The molecule has 0 amide bonds. The zero-order chi connectivity index (χ0) is 20.8. The average molecular weight is 403 g/mol. The number of nitrogens with one attached hydrogen (secondary N) is 2. The highest BCUT2D eigenvalue weighted by molar-refractivity contribution is 5.83. The fourth-order valence-electron chi connectivity index (χ4n) is 2.98. The summed E-state index contributed by atoms with van der Waals surface area (Å²) < 4.78 is 40.6. The van der Waals surface area contributed by atoms with Crippen LogP contribution < -0.4 is 20.1 Å². The van der Waals surface area contributed by atoms with Gasteiger partial charge in [0, 0.05) is 24.5 Å². The number of ether oxygens (including phenoxy) is 2. The number of guanidine groups is 1. The van der Waals surface area contributed by atoms with Gasteiger partial charge in [-0.25, -0.2) is 0 Å². The van der Waals surface area contributed by atoms with Crippen LogP contribution in [0.1, 0.15) is 16.9 Å². The molecule has 1 heterocycles. The summed E-state index contributed by atoms with van der Waals surface area (Å²) in [6.45, 7) is -0.0835. The molecular formula is C21H23F2N3O3. The number of alkyl halides is 2. The van der Waals surface area contributed by atoms with Crippen LogP contribution in [0.4, 0.5) is 8.78 Å². The number of nitrogens with zero attached hydrogens (tertiary/aromatic N) is 1. The molecule has 154 valence electrons. The Labute approximate surface area is 167 Å². The Balaban J connectivity index is 1.62. The largest absolute Gasteiger partial charge is 0.493 e. The number of aryl methyl sites for hydroxylation is 1. The summed E-state index contributed by atoms with van der Waals surface area (Å²) >= 11 is 0. The third kappa shape index (κ3) is 4.96. The highest BCUT2D eigenvalue weighted by atomic mass is 19.3. The van der Waals surface area contributed by atoms with E-state index in [2.05, 4.69) is 20.4 Å². The van der Waals surface area contributed by atoms with E-state index in [1.165, 1.54) is 13.2 Å². The van der Waals surface area contributed by atoms with E-state index in [4.69, 9.17) is 9.15 Å². The predicted octanol–water partition coefficient (Wildman–Crippen LogP) is 4.22. The van der Waals surface area contributed by atoms with Crippen molar-refractivity contribution in [1.82, 2.24) is 10.6 Å². The van der Waals surface area contributed by atoms with Crippen molar-refractivity contribution in [2.75, 3.05) is 14.2 Å². The second kappa shape index (κ2) is 9.27. The lowest BCUT2D eigenvalue weighted by atomic mass is 10.1. The van der Waals surface area contributed by atoms with Gasteiger partial charge in [-0.05, 0) is 30.7 Å². The van der Waals surface area contributed by atoms with E-state index in [-0.39, 0.29) is 11.5 Å². The van der Waals surface area contributed by atoms with Crippen molar-refractivity contribution in [3.63, 3.8) is 0 Å². The fraction of sp³-hybridized carbons (Fsp3) is 0.286. The molecule has 1 aromatic heterocycles. The van der Waals surface area contributed by atoms with Gasteiger partial charge in [0.15, 0.2) is 17.5 Å². The van der Waals surface area contributed by atoms with E-state index < -0.39 is 6.61 Å². The standard InChI is InChI=1S/C21H23F2N3O3/c1-13-15-6-4-5-7-16(15)28-19(13)12-26-21(24-2)25-11-14-8-9-17(27-3)18(10-14)29-20(22)23/h4-10,20H,11-12H2,1-3H3,(H2,24,25,26). The average Bonchev–Trinajstić information content (AvgIpc) is 3.04. The van der Waals surface area contributed by atoms with Gasteiger partial charge >= 0.3 is 6.61 Å². The van der Waals surface area contributed by atoms with E-state index in [9.17, 15) is 8.78 Å². The predicted molar refractivity (Wildman–Crippen MR) is 108 cm³/mol. The molecule has 0 saturated heterocycles. The summed E-state index contributed by atoms with van der Waals surface area (Å²) in [6, 6.07) is 12.7. The second-order valence-corrected chi connectivity index (χ2v) is 6.29. The van der Waals surface area contributed by atoms with Gasteiger partial charge in [-0.2, -0.15) is 8.78 Å². The number of hydrogen-bond acceptors (Lipinski definition) is 4. The molecule has 0 atom stereocenters. The molecule has 2 N–H and O–H groups in total. The SMILES string of the molecule is CN=C(NCc1ccc(OC)c(OC(F)F)c1)NCc1oc2ccccc2c1C. The van der Waals surface area contributed by atoms with Crippen LogP contribution in [-0.4, -0.2) is 26.7 Å². The molecule has 6 nitrogen and oxygen atoms in total. The lowest BCUT2D eigenvalue weighted by molar-refractivity contribution is -0.0512. The normalized spacial score (nSPS) is 11.7. The van der Waals surface area contributed by atoms with Gasteiger partial charge in [-0.1, -0.05) is 24.3 Å². The molecular weight excluding hydrogens is 380 g/mol. The van der Waals surface area contributed by atoms with Crippen LogP contribution in [0.5, 0.6) is 11.5 Å². The zero-order valence-electron chi connectivity index (χ0n) is 16.5. The Morgan fingerprint density at radius 2 is 1.86 bits per heavy atom. The highest BCUT2D eigenvalue weighted by Crippen LogP contribution is 2.29. The molecule has 0 saturated carbocycles. The molecule has 0 bridgehead atoms. The van der Waals surface area contributed by atoms with Crippen molar-refractivity contribution < 1.29 is 22.7 Å². The number of hydrogen-bond donors (Lipinski definition) is 2. The molecule has 0 radical (unpaired) electrons. The molecule has 0 aliphatic rings. The molecule has 8 heteroatoms. The minimum Gasteiger partial charge on any atom is -0.493 e. The van der Waals surface area contributed by atoms with E-state index in [1.807, 2.05) is 31.2 Å². The van der Waals surface area contributed by atoms with Crippen LogP contribution in [0.15, 0.2) is 51.9 Å². The van der Waals surface area contributed by atoms with E-state index in [1.54, 1.807) is 19.2 Å². The van der Waals surface area contributed by atoms with Gasteiger partial charge < -0.3 is 24.5 Å². The van der Waals surface area contributed by atoms with Gasteiger partial charge in [0.1, 0.15) is 11.3 Å². The first-order valence-electron chi connectivity index (χ1n) is 9.05. The molecule has 3 aromatic rings. The molecule has 2 aromatic carbocycles. The number of para-hydroxylation sites is 1. The van der Waals surface area contributed by atoms with E-state index in [0.717, 1.165) is 27.9 Å². The summed E-state index contributed by atoms with van der Waals surface area (Å²) in [7, 11) is 3.05. The Morgan fingerprint density at radius 1 is 1.10 bits per heavy atom. The number of aliphatic imine (C=N–C) groups is 1. The maximum Gasteiger partial charge on any atom is 0.387 e. The quantitative estimate of drug-likeness (QED) is 0.457. The van der Waals surface area contributed by atoms with Crippen molar-refractivity contribution in [2.24, 2.45) is 4.99 Å². The number of benzene rings is 2. The maximum atomic E-state index is 12.6. The molecule has 0 aliphatic heterocycles. The first kappa shape index (κ1) is 20.4. The number of fused-ring (bicyclic) bond motifs is 1. The van der Waals surface area contributed by atoms with Crippen LogP contribution in [0.3, 0.4) is 0 Å². The summed E-state index contributed by atoms with van der Waals surface area (Å²) in [5.41, 5.74) is 2.66. The minimum absolute atomic E-state index is 0.0114. The van der Waals surface area contributed by atoms with Crippen molar-refractivity contribution >= 4 is 16.9 Å². The second-order valence-electron chi connectivity index (χ2n) is 6.29. The summed E-state index contributed by atoms with van der Waals surface area (Å²) in [6.07, 6.45) is 0. The fourth-order valence-corrected chi connectivity index (χ4v) is 2.98. The first-order valence-corrected chi connectivity index (χ1v) is 9.05. The summed E-state index contributed by atoms with van der Waals surface area (Å²) in [5.74, 6) is 1.61. The van der Waals surface area contributed by atoms with Gasteiger partial charge in [0.05, 0.1) is 13.7 Å². The van der Waals surface area contributed by atoms with Gasteiger partial charge in [-0.3, -0.25) is 4.99 Å². The van der Waals surface area contributed by atoms with Gasteiger partial charge in [0.25, 0.3) is 0 Å². The van der Waals surface area contributed by atoms with Crippen LogP contribution in [-0.2, 0) is 13.1 Å². The first-order chi connectivity index (χ1) is 14.0. The van der Waals surface area contributed by atoms with Crippen LogP contribution in [0.25, 0.3) is 11.0 Å². The van der Waals surface area contributed by atoms with Gasteiger partial charge in [-0.15, -0.1) is 0 Å². The van der Waals surface area contributed by atoms with Crippen molar-refractivity contribution in [3.05, 3.63) is 59.4 Å². The third-order valence-electron chi connectivity index (χ3n) is 4.49. The molecule has 3 rings (SSSR count). The topological polar surface area (TPSA) is 68.0 Å². The smallest absolute Gasteiger partial charge is 0.387 e. The van der Waals surface area contributed by atoms with E-state index in [0.29, 0.717) is 19.0 Å². The van der Waals surface area contributed by atoms with Crippen molar-refractivity contribution in [2.45, 2.75) is 26.6 Å². The molecule has 0 aliphatic carbocycles. The third-order valence-corrected chi connectivity index (χ3v) is 4.49. The number of methoxy groups -OCH3 is 1. The molecule has 29 heavy (non-hydrogen) atoms. The number of rotatable bonds is 7. The van der Waals surface area contributed by atoms with Crippen LogP contribution in [0, 0.1) is 6.92 Å². The zero-order valence-corrected chi connectivity index (χ0v) is 16.5. The van der Waals surface area contributed by atoms with Crippen LogP contribution >= 0.6 is 0 Å². The number of furan rings is 1. The Morgan fingerprint density at radius 3 is 2.55 bits per heavy atom. The Bertz CT molecular complexity index is 1000. The van der Waals surface area contributed by atoms with Crippen LogP contribution in [0.2, 0.25) is 0 Å². The van der Waals surface area contributed by atoms with Crippen molar-refractivity contribution in [3.8, 4) is 11.5 Å².